The maximum absolute atomic E-state index is 12.8. The molecule has 0 spiro atoms. The Morgan fingerprint density at radius 1 is 1.36 bits per heavy atom. The smallest absolute Gasteiger partial charge is 0.230 e. The first kappa shape index (κ1) is 14.4. The first-order valence-corrected chi connectivity index (χ1v) is 7.47. The van der Waals surface area contributed by atoms with E-state index in [0.717, 1.165) is 16.8 Å². The number of nitrogens with one attached hydrogen (secondary N) is 1. The van der Waals surface area contributed by atoms with Crippen molar-refractivity contribution in [2.75, 3.05) is 5.32 Å². The van der Waals surface area contributed by atoms with Gasteiger partial charge in [0.15, 0.2) is 5.13 Å². The van der Waals surface area contributed by atoms with Gasteiger partial charge >= 0.3 is 0 Å². The highest BCUT2D eigenvalue weighted by molar-refractivity contribution is 7.14. The second kappa shape index (κ2) is 6.07. The molecule has 0 fully saturated rings. The quantitative estimate of drug-likeness (QED) is 0.805. The van der Waals surface area contributed by atoms with Gasteiger partial charge in [-0.15, -0.1) is 11.3 Å². The molecule has 2 aromatic heterocycles. The third-order valence-electron chi connectivity index (χ3n) is 3.03. The molecule has 3 aromatic rings. The Balaban J connectivity index is 1.64. The Hall–Kier alpha value is -2.54. The lowest BCUT2D eigenvalue weighted by Gasteiger charge is -2.01. The Morgan fingerprint density at radius 2 is 2.14 bits per heavy atom. The fourth-order valence-electron chi connectivity index (χ4n) is 1.97. The molecule has 5 nitrogen and oxygen atoms in total. The predicted octanol–water partition coefficient (Wildman–Crippen LogP) is 2.86. The van der Waals surface area contributed by atoms with E-state index in [-0.39, 0.29) is 18.1 Å². The van der Waals surface area contributed by atoms with Crippen molar-refractivity contribution < 1.29 is 9.18 Å². The van der Waals surface area contributed by atoms with Crippen molar-refractivity contribution in [3.8, 4) is 11.3 Å². The highest BCUT2D eigenvalue weighted by atomic mass is 32.1. The fourth-order valence-corrected chi connectivity index (χ4v) is 2.70. The van der Waals surface area contributed by atoms with E-state index in [0.29, 0.717) is 5.13 Å². The summed E-state index contributed by atoms with van der Waals surface area (Å²) in [4.78, 5) is 16.3. The van der Waals surface area contributed by atoms with Crippen LogP contribution in [0.3, 0.4) is 0 Å². The van der Waals surface area contributed by atoms with Crippen molar-refractivity contribution >= 4 is 22.4 Å². The molecule has 0 unspecified atom stereocenters. The molecule has 22 heavy (non-hydrogen) atoms. The van der Waals surface area contributed by atoms with Gasteiger partial charge in [0.2, 0.25) is 5.91 Å². The van der Waals surface area contributed by atoms with Crippen molar-refractivity contribution in [2.24, 2.45) is 7.05 Å². The van der Waals surface area contributed by atoms with Crippen LogP contribution in [0.15, 0.2) is 42.0 Å². The minimum Gasteiger partial charge on any atom is -0.302 e. The van der Waals surface area contributed by atoms with Crippen molar-refractivity contribution in [3.05, 3.63) is 53.4 Å². The largest absolute Gasteiger partial charge is 0.302 e. The Bertz CT molecular complexity index is 794. The number of hydrogen-bond donors (Lipinski definition) is 1. The van der Waals surface area contributed by atoms with Crippen LogP contribution in [0.1, 0.15) is 5.56 Å². The summed E-state index contributed by atoms with van der Waals surface area (Å²) in [7, 11) is 1.83. The van der Waals surface area contributed by atoms with Crippen molar-refractivity contribution in [1.29, 1.82) is 0 Å². The maximum Gasteiger partial charge on any atom is 0.230 e. The van der Waals surface area contributed by atoms with Crippen LogP contribution in [0.4, 0.5) is 9.52 Å². The maximum atomic E-state index is 12.8. The van der Waals surface area contributed by atoms with Gasteiger partial charge in [0.25, 0.3) is 0 Å². The highest BCUT2D eigenvalue weighted by Crippen LogP contribution is 2.24. The van der Waals surface area contributed by atoms with Gasteiger partial charge in [0, 0.05) is 24.2 Å². The molecule has 7 heteroatoms. The van der Waals surface area contributed by atoms with Crippen LogP contribution in [0, 0.1) is 5.82 Å². The Morgan fingerprint density at radius 3 is 2.82 bits per heavy atom. The number of hydrogen-bond acceptors (Lipinski definition) is 4. The summed E-state index contributed by atoms with van der Waals surface area (Å²) in [6, 6.07) is 5.87. The van der Waals surface area contributed by atoms with E-state index in [9.17, 15) is 9.18 Å². The molecule has 0 saturated carbocycles. The van der Waals surface area contributed by atoms with E-state index in [4.69, 9.17) is 0 Å². The number of amides is 1. The first-order valence-electron chi connectivity index (χ1n) is 6.59. The third kappa shape index (κ3) is 3.37. The molecular formula is C15H13FN4OS. The predicted molar refractivity (Wildman–Crippen MR) is 83.0 cm³/mol. The zero-order valence-electron chi connectivity index (χ0n) is 11.8. The molecule has 0 saturated heterocycles. The van der Waals surface area contributed by atoms with E-state index in [1.54, 1.807) is 23.0 Å². The van der Waals surface area contributed by atoms with E-state index in [1.165, 1.54) is 23.5 Å². The number of carbonyl (C=O) groups is 1. The summed E-state index contributed by atoms with van der Waals surface area (Å²) >= 11 is 1.35. The number of anilines is 1. The molecule has 112 valence electrons. The molecule has 0 aliphatic carbocycles. The van der Waals surface area contributed by atoms with E-state index >= 15 is 0 Å². The van der Waals surface area contributed by atoms with Gasteiger partial charge in [0.05, 0.1) is 18.3 Å². The molecule has 1 amide bonds. The summed E-state index contributed by atoms with van der Waals surface area (Å²) in [5.41, 5.74) is 2.43. The average molecular weight is 316 g/mol. The number of benzene rings is 1. The zero-order valence-corrected chi connectivity index (χ0v) is 12.6. The van der Waals surface area contributed by atoms with Crippen LogP contribution in [-0.2, 0) is 18.3 Å². The summed E-state index contributed by atoms with van der Waals surface area (Å²) in [6.07, 6.45) is 3.76. The number of carbonyl (C=O) groups excluding carboxylic acids is 1. The second-order valence-corrected chi connectivity index (χ2v) is 5.65. The minimum absolute atomic E-state index is 0.182. The Kier molecular flexibility index (Phi) is 3.97. The topological polar surface area (TPSA) is 59.8 Å². The van der Waals surface area contributed by atoms with Gasteiger partial charge in [0.1, 0.15) is 5.82 Å². The fraction of sp³-hybridized carbons (Fsp3) is 0.133. The highest BCUT2D eigenvalue weighted by Gasteiger charge is 2.10. The van der Waals surface area contributed by atoms with Crippen LogP contribution in [0.5, 0.6) is 0 Å². The summed E-state index contributed by atoms with van der Waals surface area (Å²) in [6.45, 7) is 0. The molecule has 1 aromatic carbocycles. The van der Waals surface area contributed by atoms with Crippen LogP contribution in [0.25, 0.3) is 11.3 Å². The standard InChI is InChI=1S/C15H13FN4OS/c1-20-8-11(7-17-20)13-9-22-15(18-13)19-14(21)6-10-2-4-12(16)5-3-10/h2-5,7-9H,6H2,1H3,(H,18,19,21). The number of rotatable bonds is 4. The van der Waals surface area contributed by atoms with Gasteiger partial charge in [-0.25, -0.2) is 9.37 Å². The number of aromatic nitrogens is 3. The van der Waals surface area contributed by atoms with Crippen LogP contribution in [0.2, 0.25) is 0 Å². The van der Waals surface area contributed by atoms with Gasteiger partial charge in [-0.2, -0.15) is 5.10 Å². The number of halogens is 1. The molecule has 0 aliphatic heterocycles. The SMILES string of the molecule is Cn1cc(-c2csc(NC(=O)Cc3ccc(F)cc3)n2)cn1. The lowest BCUT2D eigenvalue weighted by Crippen LogP contribution is -2.14. The van der Waals surface area contributed by atoms with Gasteiger partial charge in [-0.05, 0) is 17.7 Å². The molecule has 0 aliphatic rings. The average Bonchev–Trinajstić information content (AvgIpc) is 3.10. The summed E-state index contributed by atoms with van der Waals surface area (Å²) in [5.74, 6) is -0.496. The normalized spacial score (nSPS) is 10.6. The zero-order chi connectivity index (χ0) is 15.5. The van der Waals surface area contributed by atoms with E-state index in [1.807, 2.05) is 18.6 Å². The van der Waals surface area contributed by atoms with Crippen LogP contribution < -0.4 is 5.32 Å². The third-order valence-corrected chi connectivity index (χ3v) is 3.79. The molecule has 0 radical (unpaired) electrons. The van der Waals surface area contributed by atoms with Gasteiger partial charge < -0.3 is 5.32 Å². The molecule has 3 rings (SSSR count). The minimum atomic E-state index is -0.315. The summed E-state index contributed by atoms with van der Waals surface area (Å²) < 4.78 is 14.5. The van der Waals surface area contributed by atoms with E-state index < -0.39 is 0 Å². The van der Waals surface area contributed by atoms with Gasteiger partial charge in [-0.3, -0.25) is 9.48 Å². The number of aryl methyl sites for hydroxylation is 1. The van der Waals surface area contributed by atoms with Crippen molar-refractivity contribution in [2.45, 2.75) is 6.42 Å². The van der Waals surface area contributed by atoms with Crippen LogP contribution >= 0.6 is 11.3 Å². The summed E-state index contributed by atoms with van der Waals surface area (Å²) in [5, 5.41) is 9.24. The Labute approximate surface area is 130 Å². The molecule has 1 N–H and O–H groups in total. The van der Waals surface area contributed by atoms with Crippen LogP contribution in [-0.4, -0.2) is 20.7 Å². The second-order valence-electron chi connectivity index (χ2n) is 4.79. The van der Waals surface area contributed by atoms with E-state index in [2.05, 4.69) is 15.4 Å². The molecular weight excluding hydrogens is 303 g/mol. The monoisotopic (exact) mass is 316 g/mol. The first-order chi connectivity index (χ1) is 10.6. The lowest BCUT2D eigenvalue weighted by atomic mass is 10.1. The van der Waals surface area contributed by atoms with Gasteiger partial charge in [-0.1, -0.05) is 12.1 Å². The lowest BCUT2D eigenvalue weighted by molar-refractivity contribution is -0.115. The van der Waals surface area contributed by atoms with Crippen molar-refractivity contribution in [1.82, 2.24) is 14.8 Å². The number of thiazole rings is 1. The molecule has 2 heterocycles. The number of nitrogens with zero attached hydrogens (tertiary/aromatic N) is 3. The van der Waals surface area contributed by atoms with Crippen molar-refractivity contribution in [3.63, 3.8) is 0 Å². The molecule has 0 atom stereocenters. The molecule has 0 bridgehead atoms.